The summed E-state index contributed by atoms with van der Waals surface area (Å²) in [6.07, 6.45) is 1.15. The van der Waals surface area contributed by atoms with Crippen LogP contribution in [-0.4, -0.2) is 42.5 Å². The predicted molar refractivity (Wildman–Crippen MR) is 142 cm³/mol. The van der Waals surface area contributed by atoms with E-state index in [1.807, 2.05) is 68.4 Å². The zero-order valence-corrected chi connectivity index (χ0v) is 21.7. The van der Waals surface area contributed by atoms with Crippen molar-refractivity contribution < 1.29 is 19.1 Å². The first kappa shape index (κ1) is 27.1. The van der Waals surface area contributed by atoms with Crippen LogP contribution in [0.1, 0.15) is 31.4 Å². The third-order valence-electron chi connectivity index (χ3n) is 5.92. The van der Waals surface area contributed by atoms with Crippen molar-refractivity contribution in [1.82, 2.24) is 10.2 Å². The summed E-state index contributed by atoms with van der Waals surface area (Å²) in [5.74, 6) is 0.657. The molecule has 0 fully saturated rings. The Morgan fingerprint density at radius 2 is 1.64 bits per heavy atom. The molecule has 2 atom stereocenters. The summed E-state index contributed by atoms with van der Waals surface area (Å²) in [5, 5.41) is 3.58. The topological polar surface area (TPSA) is 67.9 Å². The Labute approximate surface area is 218 Å². The predicted octanol–water partition coefficient (Wildman–Crippen LogP) is 5.28. The van der Waals surface area contributed by atoms with Crippen molar-refractivity contribution in [2.45, 2.75) is 45.3 Å². The second-order valence-electron chi connectivity index (χ2n) is 8.64. The number of hydrogen-bond acceptors (Lipinski definition) is 4. The van der Waals surface area contributed by atoms with Crippen LogP contribution in [0.2, 0.25) is 5.02 Å². The lowest BCUT2D eigenvalue weighted by atomic mass is 10.0. The van der Waals surface area contributed by atoms with Gasteiger partial charge in [0.05, 0.1) is 7.11 Å². The minimum atomic E-state index is -0.733. The molecular weight excluding hydrogens is 476 g/mol. The van der Waals surface area contributed by atoms with Gasteiger partial charge in [-0.1, -0.05) is 67.1 Å². The monoisotopic (exact) mass is 508 g/mol. The molecule has 7 heteroatoms. The molecule has 0 bridgehead atoms. The van der Waals surface area contributed by atoms with Gasteiger partial charge in [-0.15, -0.1) is 0 Å². The molecule has 1 N–H and O–H groups in total. The van der Waals surface area contributed by atoms with Gasteiger partial charge < -0.3 is 19.7 Å². The van der Waals surface area contributed by atoms with Gasteiger partial charge in [0.25, 0.3) is 5.91 Å². The van der Waals surface area contributed by atoms with Crippen LogP contribution < -0.4 is 14.8 Å². The molecule has 190 valence electrons. The van der Waals surface area contributed by atoms with E-state index < -0.39 is 6.04 Å². The van der Waals surface area contributed by atoms with Crippen LogP contribution in [0.3, 0.4) is 0 Å². The van der Waals surface area contributed by atoms with Crippen molar-refractivity contribution in [2.75, 3.05) is 13.7 Å². The zero-order valence-electron chi connectivity index (χ0n) is 20.9. The first-order valence-corrected chi connectivity index (χ1v) is 12.4. The molecule has 0 spiro atoms. The quantitative estimate of drug-likeness (QED) is 0.361. The van der Waals surface area contributed by atoms with E-state index in [-0.39, 0.29) is 31.0 Å². The molecule has 3 rings (SSSR count). The maximum atomic E-state index is 13.6. The number of carbonyl (C=O) groups is 2. The lowest BCUT2D eigenvalue weighted by molar-refractivity contribution is -0.143. The number of nitrogens with one attached hydrogen (secondary N) is 1. The van der Waals surface area contributed by atoms with Gasteiger partial charge in [0.2, 0.25) is 5.91 Å². The summed E-state index contributed by atoms with van der Waals surface area (Å²) in [6.45, 7) is 3.95. The van der Waals surface area contributed by atoms with Gasteiger partial charge in [-0.2, -0.15) is 0 Å². The Bertz CT molecular complexity index is 1140. The number of carbonyl (C=O) groups excluding carboxylic acids is 2. The molecule has 0 saturated heterocycles. The highest BCUT2D eigenvalue weighted by Gasteiger charge is 2.31. The number of benzene rings is 3. The number of amides is 2. The van der Waals surface area contributed by atoms with Gasteiger partial charge in [-0.3, -0.25) is 9.59 Å². The van der Waals surface area contributed by atoms with E-state index in [9.17, 15) is 9.59 Å². The van der Waals surface area contributed by atoms with Crippen LogP contribution in [0.4, 0.5) is 0 Å². The van der Waals surface area contributed by atoms with E-state index in [2.05, 4.69) is 5.32 Å². The van der Waals surface area contributed by atoms with E-state index in [1.165, 1.54) is 0 Å². The SMILES string of the molecule is CC[C@@H](C)NC(=O)[C@@H](Cc1ccccc1)N(Cc1cccc(OC)c1)C(=O)COc1cccc(Cl)c1. The summed E-state index contributed by atoms with van der Waals surface area (Å²) in [5.41, 5.74) is 1.81. The molecule has 0 unspecified atom stereocenters. The van der Waals surface area contributed by atoms with E-state index in [4.69, 9.17) is 21.1 Å². The lowest BCUT2D eigenvalue weighted by Gasteiger charge is -2.32. The second-order valence-corrected chi connectivity index (χ2v) is 9.08. The number of hydrogen-bond donors (Lipinski definition) is 1. The van der Waals surface area contributed by atoms with Crippen molar-refractivity contribution in [3.63, 3.8) is 0 Å². The zero-order chi connectivity index (χ0) is 25.9. The third-order valence-corrected chi connectivity index (χ3v) is 6.15. The molecule has 2 amide bonds. The minimum absolute atomic E-state index is 0.0211. The molecule has 3 aromatic rings. The molecule has 0 aromatic heterocycles. The van der Waals surface area contributed by atoms with Crippen LogP contribution in [-0.2, 0) is 22.6 Å². The number of rotatable bonds is 12. The van der Waals surface area contributed by atoms with Crippen molar-refractivity contribution in [2.24, 2.45) is 0 Å². The van der Waals surface area contributed by atoms with Crippen molar-refractivity contribution >= 4 is 23.4 Å². The fourth-order valence-electron chi connectivity index (χ4n) is 3.75. The summed E-state index contributed by atoms with van der Waals surface area (Å²) >= 11 is 6.06. The Morgan fingerprint density at radius 3 is 2.33 bits per heavy atom. The molecule has 0 saturated carbocycles. The highest BCUT2D eigenvalue weighted by Crippen LogP contribution is 2.20. The van der Waals surface area contributed by atoms with Crippen LogP contribution in [0.15, 0.2) is 78.9 Å². The Morgan fingerprint density at radius 1 is 0.944 bits per heavy atom. The average molecular weight is 509 g/mol. The Hall–Kier alpha value is -3.51. The summed E-state index contributed by atoms with van der Waals surface area (Å²) in [4.78, 5) is 28.7. The maximum absolute atomic E-state index is 13.6. The molecule has 0 aliphatic heterocycles. The number of halogens is 1. The standard InChI is InChI=1S/C29H33ClN2O4/c1-4-21(2)31-29(34)27(17-22-10-6-5-7-11-22)32(19-23-12-8-14-25(16-23)35-3)28(33)20-36-26-15-9-13-24(30)18-26/h5-16,18,21,27H,4,17,19-20H2,1-3H3,(H,31,34)/t21-,27-/m1/s1. The highest BCUT2D eigenvalue weighted by molar-refractivity contribution is 6.30. The van der Waals surface area contributed by atoms with Gasteiger partial charge in [0.1, 0.15) is 17.5 Å². The molecule has 0 radical (unpaired) electrons. The normalized spacial score (nSPS) is 12.3. The van der Waals surface area contributed by atoms with E-state index >= 15 is 0 Å². The van der Waals surface area contributed by atoms with Crippen LogP contribution in [0.5, 0.6) is 11.5 Å². The summed E-state index contributed by atoms with van der Waals surface area (Å²) in [6, 6.07) is 23.3. The van der Waals surface area contributed by atoms with Gasteiger partial charge in [0.15, 0.2) is 6.61 Å². The highest BCUT2D eigenvalue weighted by atomic mass is 35.5. The number of methoxy groups -OCH3 is 1. The van der Waals surface area contributed by atoms with Crippen molar-refractivity contribution in [3.8, 4) is 11.5 Å². The molecule has 0 aliphatic rings. The minimum Gasteiger partial charge on any atom is -0.497 e. The van der Waals surface area contributed by atoms with Crippen LogP contribution in [0, 0.1) is 0 Å². The summed E-state index contributed by atoms with van der Waals surface area (Å²) < 4.78 is 11.1. The molecule has 3 aromatic carbocycles. The number of nitrogens with zero attached hydrogens (tertiary/aromatic N) is 1. The molecule has 0 aliphatic carbocycles. The second kappa shape index (κ2) is 13.5. The van der Waals surface area contributed by atoms with Gasteiger partial charge in [-0.05, 0) is 54.8 Å². The van der Waals surface area contributed by atoms with E-state index in [1.54, 1.807) is 36.3 Å². The first-order valence-electron chi connectivity index (χ1n) is 12.0. The Kier molecular flexibility index (Phi) is 10.2. The van der Waals surface area contributed by atoms with Crippen LogP contribution >= 0.6 is 11.6 Å². The Balaban J connectivity index is 1.93. The van der Waals surface area contributed by atoms with Crippen molar-refractivity contribution in [1.29, 1.82) is 0 Å². The lowest BCUT2D eigenvalue weighted by Crippen LogP contribution is -2.53. The molecular formula is C29H33ClN2O4. The van der Waals surface area contributed by atoms with Gasteiger partial charge >= 0.3 is 0 Å². The fourth-order valence-corrected chi connectivity index (χ4v) is 3.93. The van der Waals surface area contributed by atoms with Crippen LogP contribution in [0.25, 0.3) is 0 Å². The smallest absolute Gasteiger partial charge is 0.261 e. The fraction of sp³-hybridized carbons (Fsp3) is 0.310. The molecule has 36 heavy (non-hydrogen) atoms. The largest absolute Gasteiger partial charge is 0.497 e. The van der Waals surface area contributed by atoms with Gasteiger partial charge in [-0.25, -0.2) is 0 Å². The molecule has 6 nitrogen and oxygen atoms in total. The third kappa shape index (κ3) is 8.02. The first-order chi connectivity index (χ1) is 17.4. The maximum Gasteiger partial charge on any atom is 0.261 e. The van der Waals surface area contributed by atoms with E-state index in [0.717, 1.165) is 17.5 Å². The average Bonchev–Trinajstić information content (AvgIpc) is 2.89. The number of ether oxygens (including phenoxy) is 2. The van der Waals surface area contributed by atoms with E-state index in [0.29, 0.717) is 22.9 Å². The van der Waals surface area contributed by atoms with Crippen molar-refractivity contribution in [3.05, 3.63) is 95.0 Å². The molecule has 0 heterocycles. The summed E-state index contributed by atoms with van der Waals surface area (Å²) in [7, 11) is 1.60. The van der Waals surface area contributed by atoms with Gasteiger partial charge in [0, 0.05) is 24.0 Å².